The number of esters is 2. The van der Waals surface area contributed by atoms with Gasteiger partial charge in [-0.2, -0.15) is 0 Å². The molecule has 0 aromatic heterocycles. The summed E-state index contributed by atoms with van der Waals surface area (Å²) in [7, 11) is 0. The Kier molecular flexibility index (Phi) is 8.81. The van der Waals surface area contributed by atoms with Crippen molar-refractivity contribution in [2.75, 3.05) is 19.6 Å². The van der Waals surface area contributed by atoms with Crippen LogP contribution in [0.4, 0.5) is 0 Å². The predicted molar refractivity (Wildman–Crippen MR) is 63.0 cm³/mol. The zero-order valence-corrected chi connectivity index (χ0v) is 10.6. The number of hydrogen-bond acceptors (Lipinski definition) is 4. The summed E-state index contributed by atoms with van der Waals surface area (Å²) in [5.41, 5.74) is 0. The van der Waals surface area contributed by atoms with Gasteiger partial charge >= 0.3 is 11.9 Å². The summed E-state index contributed by atoms with van der Waals surface area (Å²) >= 11 is 0. The first kappa shape index (κ1) is 15.1. The van der Waals surface area contributed by atoms with Gasteiger partial charge in [0.05, 0.1) is 6.54 Å². The molecule has 0 N–H and O–H groups in total. The van der Waals surface area contributed by atoms with Gasteiger partial charge in [0.1, 0.15) is 0 Å². The van der Waals surface area contributed by atoms with Crippen molar-refractivity contribution < 1.29 is 14.3 Å². The van der Waals surface area contributed by atoms with Crippen molar-refractivity contribution in [2.24, 2.45) is 0 Å². The maximum absolute atomic E-state index is 11.3. The molecular formula is C12H23NO3. The van der Waals surface area contributed by atoms with Crippen molar-refractivity contribution in [3.63, 3.8) is 0 Å². The molecule has 0 bridgehead atoms. The molecule has 0 saturated carbocycles. The number of unbranched alkanes of at least 4 members (excludes halogenated alkanes) is 2. The van der Waals surface area contributed by atoms with E-state index in [0.29, 0.717) is 0 Å². The molecule has 0 spiro atoms. The summed E-state index contributed by atoms with van der Waals surface area (Å²) in [6.07, 6.45) is 4.34. The molecular weight excluding hydrogens is 206 g/mol. The van der Waals surface area contributed by atoms with Gasteiger partial charge in [-0.15, -0.1) is 0 Å². The third-order valence-corrected chi connectivity index (χ3v) is 2.27. The molecule has 0 atom stereocenters. The molecule has 16 heavy (non-hydrogen) atoms. The van der Waals surface area contributed by atoms with Crippen LogP contribution < -0.4 is 0 Å². The number of rotatable bonds is 8. The van der Waals surface area contributed by atoms with Crippen molar-refractivity contribution in [1.29, 1.82) is 0 Å². The Hall–Kier alpha value is -0.900. The van der Waals surface area contributed by atoms with Crippen LogP contribution in [0.2, 0.25) is 0 Å². The standard InChI is InChI=1S/C12H23NO3/c1-4-6-8-13(9-7-5-2)10-12(15)16-11(3)14/h4-10H2,1-3H3. The summed E-state index contributed by atoms with van der Waals surface area (Å²) < 4.78 is 4.52. The molecule has 0 amide bonds. The molecule has 0 aliphatic heterocycles. The third-order valence-electron chi connectivity index (χ3n) is 2.27. The second-order valence-electron chi connectivity index (χ2n) is 3.95. The lowest BCUT2D eigenvalue weighted by atomic mass is 10.2. The normalized spacial score (nSPS) is 10.5. The molecule has 4 heteroatoms. The van der Waals surface area contributed by atoms with Crippen LogP contribution in [0, 0.1) is 0 Å². The number of carbonyl (C=O) groups excluding carboxylic acids is 2. The van der Waals surface area contributed by atoms with E-state index in [4.69, 9.17) is 0 Å². The highest BCUT2D eigenvalue weighted by atomic mass is 16.6. The van der Waals surface area contributed by atoms with Gasteiger partial charge in [0.25, 0.3) is 0 Å². The molecule has 0 aromatic rings. The Morgan fingerprint density at radius 1 is 1.06 bits per heavy atom. The quantitative estimate of drug-likeness (QED) is 0.471. The highest BCUT2D eigenvalue weighted by Crippen LogP contribution is 1.99. The molecule has 0 fully saturated rings. The topological polar surface area (TPSA) is 46.6 Å². The van der Waals surface area contributed by atoms with E-state index in [-0.39, 0.29) is 6.54 Å². The zero-order valence-electron chi connectivity index (χ0n) is 10.6. The van der Waals surface area contributed by atoms with E-state index in [1.165, 1.54) is 6.92 Å². The van der Waals surface area contributed by atoms with Gasteiger partial charge in [0.15, 0.2) is 0 Å². The van der Waals surface area contributed by atoms with E-state index in [2.05, 4.69) is 23.5 Å². The summed E-state index contributed by atoms with van der Waals surface area (Å²) in [4.78, 5) is 24.0. The lowest BCUT2D eigenvalue weighted by Gasteiger charge is -2.20. The molecule has 0 aliphatic carbocycles. The molecule has 0 saturated heterocycles. The molecule has 0 aromatic carbocycles. The minimum atomic E-state index is -0.532. The number of hydrogen-bond donors (Lipinski definition) is 0. The Balaban J connectivity index is 3.97. The van der Waals surface area contributed by atoms with Gasteiger partial charge in [-0.1, -0.05) is 26.7 Å². The van der Waals surface area contributed by atoms with E-state index in [1.54, 1.807) is 0 Å². The predicted octanol–water partition coefficient (Wildman–Crippen LogP) is 1.98. The van der Waals surface area contributed by atoms with Crippen LogP contribution >= 0.6 is 0 Å². The molecule has 94 valence electrons. The van der Waals surface area contributed by atoms with Gasteiger partial charge in [0, 0.05) is 6.92 Å². The second kappa shape index (κ2) is 9.33. The highest BCUT2D eigenvalue weighted by molar-refractivity contribution is 5.85. The fourth-order valence-corrected chi connectivity index (χ4v) is 1.41. The zero-order chi connectivity index (χ0) is 12.4. The van der Waals surface area contributed by atoms with Gasteiger partial charge in [-0.3, -0.25) is 14.5 Å². The van der Waals surface area contributed by atoms with Crippen molar-refractivity contribution in [3.05, 3.63) is 0 Å². The summed E-state index contributed by atoms with van der Waals surface area (Å²) in [6.45, 7) is 7.49. The first-order valence-corrected chi connectivity index (χ1v) is 6.03. The SMILES string of the molecule is CCCCN(CCCC)CC(=O)OC(C)=O. The van der Waals surface area contributed by atoms with Gasteiger partial charge in [-0.25, -0.2) is 0 Å². The minimum absolute atomic E-state index is 0.222. The van der Waals surface area contributed by atoms with E-state index in [1.807, 2.05) is 0 Å². The summed E-state index contributed by atoms with van der Waals surface area (Å²) in [5.74, 6) is -0.976. The lowest BCUT2D eigenvalue weighted by Crippen LogP contribution is -2.33. The molecule has 4 nitrogen and oxygen atoms in total. The van der Waals surface area contributed by atoms with Crippen LogP contribution in [0.15, 0.2) is 0 Å². The van der Waals surface area contributed by atoms with E-state index >= 15 is 0 Å². The van der Waals surface area contributed by atoms with Gasteiger partial charge < -0.3 is 4.74 Å². The summed E-state index contributed by atoms with van der Waals surface area (Å²) in [6, 6.07) is 0. The van der Waals surface area contributed by atoms with Crippen molar-refractivity contribution in [1.82, 2.24) is 4.90 Å². The Morgan fingerprint density at radius 2 is 1.56 bits per heavy atom. The minimum Gasteiger partial charge on any atom is -0.392 e. The van der Waals surface area contributed by atoms with Crippen LogP contribution in [-0.2, 0) is 14.3 Å². The van der Waals surface area contributed by atoms with E-state index in [9.17, 15) is 9.59 Å². The third kappa shape index (κ3) is 8.41. The second-order valence-corrected chi connectivity index (χ2v) is 3.95. The Labute approximate surface area is 98.0 Å². The fourth-order valence-electron chi connectivity index (χ4n) is 1.41. The van der Waals surface area contributed by atoms with Crippen molar-refractivity contribution in [2.45, 2.75) is 46.5 Å². The smallest absolute Gasteiger partial charge is 0.327 e. The maximum Gasteiger partial charge on any atom is 0.327 e. The van der Waals surface area contributed by atoms with Crippen LogP contribution in [0.5, 0.6) is 0 Å². The average Bonchev–Trinajstić information content (AvgIpc) is 2.20. The van der Waals surface area contributed by atoms with Crippen molar-refractivity contribution in [3.8, 4) is 0 Å². The first-order valence-electron chi connectivity index (χ1n) is 6.03. The fraction of sp³-hybridized carbons (Fsp3) is 0.833. The van der Waals surface area contributed by atoms with Gasteiger partial charge in [-0.05, 0) is 25.9 Å². The molecule has 0 aliphatic rings. The van der Waals surface area contributed by atoms with Gasteiger partial charge in [0.2, 0.25) is 0 Å². The monoisotopic (exact) mass is 229 g/mol. The first-order chi connectivity index (χ1) is 7.60. The van der Waals surface area contributed by atoms with Crippen LogP contribution in [-0.4, -0.2) is 36.5 Å². The molecule has 0 unspecified atom stereocenters. The Bertz CT molecular complexity index is 208. The highest BCUT2D eigenvalue weighted by Gasteiger charge is 2.12. The lowest BCUT2D eigenvalue weighted by molar-refractivity contribution is -0.158. The van der Waals surface area contributed by atoms with Crippen LogP contribution in [0.3, 0.4) is 0 Å². The molecule has 0 heterocycles. The van der Waals surface area contributed by atoms with Crippen LogP contribution in [0.1, 0.15) is 46.5 Å². The molecule has 0 radical (unpaired) electrons. The maximum atomic E-state index is 11.3. The largest absolute Gasteiger partial charge is 0.392 e. The number of ether oxygens (including phenoxy) is 1. The number of nitrogens with zero attached hydrogens (tertiary/aromatic N) is 1. The van der Waals surface area contributed by atoms with E-state index in [0.717, 1.165) is 38.8 Å². The summed E-state index contributed by atoms with van der Waals surface area (Å²) in [5, 5.41) is 0. The van der Waals surface area contributed by atoms with E-state index < -0.39 is 11.9 Å². The Morgan fingerprint density at radius 3 is 1.94 bits per heavy atom. The van der Waals surface area contributed by atoms with Crippen molar-refractivity contribution >= 4 is 11.9 Å². The average molecular weight is 229 g/mol. The van der Waals surface area contributed by atoms with Crippen LogP contribution in [0.25, 0.3) is 0 Å². The molecule has 0 rings (SSSR count). The number of carbonyl (C=O) groups is 2.